The highest BCUT2D eigenvalue weighted by Crippen LogP contribution is 2.31. The zero-order chi connectivity index (χ0) is 29.2. The number of methoxy groups -OCH3 is 1. The maximum Gasteiger partial charge on any atom is 0.311 e. The van der Waals surface area contributed by atoms with Crippen molar-refractivity contribution in [3.05, 3.63) is 98.0 Å². The molecule has 3 aromatic carbocycles. The zero-order valence-electron chi connectivity index (χ0n) is 22.4. The van der Waals surface area contributed by atoms with Crippen molar-refractivity contribution in [1.29, 1.82) is 0 Å². The number of ether oxygens (including phenoxy) is 2. The normalized spacial score (nSPS) is 12.2. The summed E-state index contributed by atoms with van der Waals surface area (Å²) in [5, 5.41) is 14.9. The quantitative estimate of drug-likeness (QED) is 0.198. The first-order chi connectivity index (χ1) is 19.1. The minimum Gasteiger partial charge on any atom is -0.490 e. The van der Waals surface area contributed by atoms with E-state index in [2.05, 4.69) is 5.32 Å². The van der Waals surface area contributed by atoms with Crippen molar-refractivity contribution < 1.29 is 24.0 Å². The molecule has 0 radical (unpaired) electrons. The highest BCUT2D eigenvalue weighted by molar-refractivity contribution is 6.42. The van der Waals surface area contributed by atoms with E-state index in [1.165, 1.54) is 30.2 Å². The van der Waals surface area contributed by atoms with Crippen molar-refractivity contribution in [2.24, 2.45) is 0 Å². The van der Waals surface area contributed by atoms with E-state index in [1.54, 1.807) is 18.2 Å². The molecule has 0 saturated heterocycles. The predicted molar refractivity (Wildman–Crippen MR) is 154 cm³/mol. The first kappa shape index (κ1) is 30.7. The van der Waals surface area contributed by atoms with Gasteiger partial charge in [0.05, 0.1) is 22.1 Å². The number of nitrogens with one attached hydrogen (secondary N) is 1. The van der Waals surface area contributed by atoms with Crippen LogP contribution in [0.2, 0.25) is 10.0 Å². The van der Waals surface area contributed by atoms with Crippen LogP contribution in [-0.2, 0) is 22.6 Å². The lowest BCUT2D eigenvalue weighted by Crippen LogP contribution is -2.53. The van der Waals surface area contributed by atoms with Gasteiger partial charge in [-0.3, -0.25) is 19.7 Å². The van der Waals surface area contributed by atoms with Crippen LogP contribution in [0.5, 0.6) is 11.5 Å². The number of nitrogens with zero attached hydrogens (tertiary/aromatic N) is 2. The summed E-state index contributed by atoms with van der Waals surface area (Å²) in [6, 6.07) is 17.4. The molecule has 0 heterocycles. The molecule has 212 valence electrons. The van der Waals surface area contributed by atoms with E-state index in [4.69, 9.17) is 32.7 Å². The van der Waals surface area contributed by atoms with Gasteiger partial charge in [-0.05, 0) is 42.7 Å². The van der Waals surface area contributed by atoms with Crippen LogP contribution in [0.1, 0.15) is 31.4 Å². The molecule has 40 heavy (non-hydrogen) atoms. The van der Waals surface area contributed by atoms with E-state index >= 15 is 0 Å². The molecule has 3 aromatic rings. The molecule has 0 unspecified atom stereocenters. The molecule has 0 saturated carbocycles. The maximum absolute atomic E-state index is 13.7. The summed E-state index contributed by atoms with van der Waals surface area (Å²) in [5.41, 5.74) is 1.32. The Bertz CT molecular complexity index is 1340. The molecule has 0 aliphatic heterocycles. The number of benzene rings is 3. The largest absolute Gasteiger partial charge is 0.490 e. The molecule has 0 aliphatic carbocycles. The minimum absolute atomic E-state index is 0.00232. The van der Waals surface area contributed by atoms with Crippen LogP contribution in [-0.4, -0.2) is 47.4 Å². The summed E-state index contributed by atoms with van der Waals surface area (Å²) in [6.45, 7) is 3.49. The minimum atomic E-state index is -0.867. The predicted octanol–water partition coefficient (Wildman–Crippen LogP) is 5.84. The Morgan fingerprint density at radius 3 is 2.38 bits per heavy atom. The van der Waals surface area contributed by atoms with Gasteiger partial charge in [0, 0.05) is 31.1 Å². The summed E-state index contributed by atoms with van der Waals surface area (Å²) in [5.74, 6) is -0.571. The van der Waals surface area contributed by atoms with Crippen LogP contribution in [0.4, 0.5) is 5.69 Å². The average molecular weight is 588 g/mol. The van der Waals surface area contributed by atoms with Gasteiger partial charge in [-0.1, -0.05) is 66.5 Å². The lowest BCUT2D eigenvalue weighted by Gasteiger charge is -2.32. The van der Waals surface area contributed by atoms with Crippen molar-refractivity contribution in [2.45, 2.75) is 45.3 Å². The Morgan fingerprint density at radius 2 is 1.75 bits per heavy atom. The number of nitro groups is 1. The number of rotatable bonds is 13. The molecular formula is C29H31Cl2N3O6. The van der Waals surface area contributed by atoms with Gasteiger partial charge < -0.3 is 19.7 Å². The summed E-state index contributed by atoms with van der Waals surface area (Å²) in [7, 11) is 1.31. The third-order valence-electron chi connectivity index (χ3n) is 6.32. The third-order valence-corrected chi connectivity index (χ3v) is 7.06. The third kappa shape index (κ3) is 8.34. The summed E-state index contributed by atoms with van der Waals surface area (Å²) < 4.78 is 10.8. The van der Waals surface area contributed by atoms with Gasteiger partial charge >= 0.3 is 5.69 Å². The van der Waals surface area contributed by atoms with Crippen LogP contribution in [0, 0.1) is 10.1 Å². The number of carbonyl (C=O) groups is 2. The zero-order valence-corrected chi connectivity index (χ0v) is 23.9. The number of halogens is 2. The topological polar surface area (TPSA) is 111 Å². The van der Waals surface area contributed by atoms with Crippen molar-refractivity contribution in [3.8, 4) is 11.5 Å². The molecule has 2 amide bonds. The second-order valence-electron chi connectivity index (χ2n) is 9.17. The number of hydrogen-bond acceptors (Lipinski definition) is 6. The van der Waals surface area contributed by atoms with Crippen LogP contribution < -0.4 is 14.8 Å². The average Bonchev–Trinajstić information content (AvgIpc) is 2.95. The molecule has 0 aromatic heterocycles. The Hall–Kier alpha value is -3.82. The Kier molecular flexibility index (Phi) is 11.2. The molecule has 9 nitrogen and oxygen atoms in total. The number of nitro benzene ring substituents is 1. The fourth-order valence-electron chi connectivity index (χ4n) is 3.96. The van der Waals surface area contributed by atoms with E-state index in [0.717, 1.165) is 12.0 Å². The van der Waals surface area contributed by atoms with E-state index in [0.29, 0.717) is 15.6 Å². The van der Waals surface area contributed by atoms with E-state index < -0.39 is 23.5 Å². The summed E-state index contributed by atoms with van der Waals surface area (Å²) >= 11 is 12.3. The first-order valence-corrected chi connectivity index (χ1v) is 13.4. The first-order valence-electron chi connectivity index (χ1n) is 12.7. The van der Waals surface area contributed by atoms with E-state index in [9.17, 15) is 19.7 Å². The number of amides is 2. The molecular weight excluding hydrogens is 557 g/mol. The highest BCUT2D eigenvalue weighted by Gasteiger charge is 2.31. The van der Waals surface area contributed by atoms with Gasteiger partial charge in [-0.25, -0.2) is 0 Å². The molecule has 11 heteroatoms. The fraction of sp³-hybridized carbons (Fsp3) is 0.310. The molecule has 3 rings (SSSR count). The summed E-state index contributed by atoms with van der Waals surface area (Å²) in [6.07, 6.45) is 0.983. The van der Waals surface area contributed by atoms with Crippen molar-refractivity contribution in [1.82, 2.24) is 10.2 Å². The van der Waals surface area contributed by atoms with Crippen LogP contribution in [0.15, 0.2) is 66.7 Å². The van der Waals surface area contributed by atoms with Crippen molar-refractivity contribution >= 4 is 40.7 Å². The number of hydrogen-bond donors (Lipinski definition) is 1. The maximum atomic E-state index is 13.7. The molecule has 2 atom stereocenters. The lowest BCUT2D eigenvalue weighted by molar-refractivity contribution is -0.385. The van der Waals surface area contributed by atoms with Gasteiger partial charge in [-0.15, -0.1) is 0 Å². The second-order valence-corrected chi connectivity index (χ2v) is 9.99. The monoisotopic (exact) mass is 587 g/mol. The van der Waals surface area contributed by atoms with Crippen LogP contribution in [0.25, 0.3) is 0 Å². The van der Waals surface area contributed by atoms with Gasteiger partial charge in [0.1, 0.15) is 11.8 Å². The Balaban J connectivity index is 1.94. The van der Waals surface area contributed by atoms with Crippen LogP contribution in [0.3, 0.4) is 0 Å². The van der Waals surface area contributed by atoms with Gasteiger partial charge in [0.25, 0.3) is 5.91 Å². The summed E-state index contributed by atoms with van der Waals surface area (Å²) in [4.78, 5) is 39.4. The number of carbonyl (C=O) groups excluding carboxylic acids is 2. The SMILES string of the molecule is CC[C@@H](C)NC(=O)[C@@H](Cc1ccccc1)N(Cc1ccc(Cl)c(Cl)c1)C(=O)COc1ccc([N+](=O)[O-])c(OC)c1. The molecule has 0 spiro atoms. The molecule has 0 bridgehead atoms. The molecule has 0 fully saturated rings. The van der Waals surface area contributed by atoms with E-state index in [1.807, 2.05) is 44.2 Å². The lowest BCUT2D eigenvalue weighted by atomic mass is 10.0. The molecule has 1 N–H and O–H groups in total. The highest BCUT2D eigenvalue weighted by atomic mass is 35.5. The standard InChI is InChI=1S/C29H31Cl2N3O6/c1-4-19(2)32-29(36)26(15-20-8-6-5-7-9-20)33(17-21-10-12-23(30)24(31)14-21)28(35)18-40-22-11-13-25(34(37)38)27(16-22)39-3/h5-14,16,19,26H,4,15,17-18H2,1-3H3,(H,32,36)/t19-,26-/m1/s1. The Labute approximate surface area is 243 Å². The van der Waals surface area contributed by atoms with Crippen LogP contribution >= 0.6 is 23.2 Å². The fourth-order valence-corrected chi connectivity index (χ4v) is 4.28. The second kappa shape index (κ2) is 14.5. The van der Waals surface area contributed by atoms with Gasteiger partial charge in [0.15, 0.2) is 6.61 Å². The van der Waals surface area contributed by atoms with Crippen molar-refractivity contribution in [3.63, 3.8) is 0 Å². The Morgan fingerprint density at radius 1 is 1.02 bits per heavy atom. The van der Waals surface area contributed by atoms with Gasteiger partial charge in [0.2, 0.25) is 11.7 Å². The smallest absolute Gasteiger partial charge is 0.311 e. The van der Waals surface area contributed by atoms with E-state index in [-0.39, 0.29) is 42.1 Å². The van der Waals surface area contributed by atoms with Crippen molar-refractivity contribution in [2.75, 3.05) is 13.7 Å². The molecule has 0 aliphatic rings. The van der Waals surface area contributed by atoms with Gasteiger partial charge in [-0.2, -0.15) is 0 Å².